The number of benzene rings is 2. The Balaban J connectivity index is 2.09. The third kappa shape index (κ3) is 5.12. The Kier molecular flexibility index (Phi) is 7.42. The number of aryl methyl sites for hydroxylation is 1. The molecule has 0 radical (unpaired) electrons. The molecule has 0 spiro atoms. The van der Waals surface area contributed by atoms with E-state index in [0.29, 0.717) is 18.2 Å². The van der Waals surface area contributed by atoms with Gasteiger partial charge in [-0.1, -0.05) is 23.7 Å². The van der Waals surface area contributed by atoms with Crippen LogP contribution in [0.4, 0.5) is 0 Å². The summed E-state index contributed by atoms with van der Waals surface area (Å²) >= 11 is 6.05. The predicted octanol–water partition coefficient (Wildman–Crippen LogP) is 6.01. The molecule has 0 bridgehead atoms. The zero-order valence-corrected chi connectivity index (χ0v) is 19.3. The molecule has 164 valence electrons. The Hall–Kier alpha value is -2.76. The maximum atomic E-state index is 12.5. The summed E-state index contributed by atoms with van der Waals surface area (Å²) < 4.78 is 17.0. The monoisotopic (exact) mass is 441 g/mol. The standard InChI is InChI=1S/C25H28ClNO4/c1-6-30-24-17(4)25-21(22(14-31-25)18-7-9-19(26)10-8-18)12-20(24)15(2)11-23(28)27-16(3)13-29-5/h7-12,14,16H,6,13H2,1-5H3,(H,27,28)/b15-11+. The Morgan fingerprint density at radius 3 is 2.65 bits per heavy atom. The fourth-order valence-corrected chi connectivity index (χ4v) is 3.77. The van der Waals surface area contributed by atoms with E-state index in [9.17, 15) is 4.79 Å². The van der Waals surface area contributed by atoms with Crippen molar-refractivity contribution in [3.8, 4) is 16.9 Å². The first kappa shape index (κ1) is 22.9. The van der Waals surface area contributed by atoms with E-state index in [1.54, 1.807) is 19.4 Å². The molecule has 5 nitrogen and oxygen atoms in total. The second-order valence-electron chi connectivity index (χ2n) is 7.54. The Bertz CT molecular complexity index is 1100. The Morgan fingerprint density at radius 1 is 1.29 bits per heavy atom. The van der Waals surface area contributed by atoms with Crippen molar-refractivity contribution in [3.05, 3.63) is 58.8 Å². The number of ether oxygens (including phenoxy) is 2. The molecule has 1 heterocycles. The van der Waals surface area contributed by atoms with E-state index < -0.39 is 0 Å². The van der Waals surface area contributed by atoms with Crippen molar-refractivity contribution < 1.29 is 18.7 Å². The van der Waals surface area contributed by atoms with E-state index >= 15 is 0 Å². The first-order valence-corrected chi connectivity index (χ1v) is 10.6. The van der Waals surface area contributed by atoms with Crippen molar-refractivity contribution in [1.82, 2.24) is 5.32 Å². The topological polar surface area (TPSA) is 60.7 Å². The summed E-state index contributed by atoms with van der Waals surface area (Å²) in [6, 6.07) is 9.58. The van der Waals surface area contributed by atoms with Gasteiger partial charge >= 0.3 is 0 Å². The third-order valence-corrected chi connectivity index (χ3v) is 5.32. The smallest absolute Gasteiger partial charge is 0.244 e. The average molecular weight is 442 g/mol. The van der Waals surface area contributed by atoms with Crippen molar-refractivity contribution in [2.24, 2.45) is 0 Å². The quantitative estimate of drug-likeness (QED) is 0.434. The maximum absolute atomic E-state index is 12.5. The molecule has 3 rings (SSSR count). The van der Waals surface area contributed by atoms with E-state index in [-0.39, 0.29) is 11.9 Å². The van der Waals surface area contributed by atoms with E-state index in [1.807, 2.05) is 58.0 Å². The molecule has 2 aromatic carbocycles. The van der Waals surface area contributed by atoms with Crippen LogP contribution in [0.1, 0.15) is 31.9 Å². The van der Waals surface area contributed by atoms with Crippen LogP contribution in [-0.2, 0) is 9.53 Å². The number of fused-ring (bicyclic) bond motifs is 1. The number of allylic oxidation sites excluding steroid dienone is 1. The van der Waals surface area contributed by atoms with Gasteiger partial charge in [-0.2, -0.15) is 0 Å². The second kappa shape index (κ2) is 10.0. The van der Waals surface area contributed by atoms with Gasteiger partial charge in [-0.05, 0) is 57.0 Å². The Labute approximate surface area is 188 Å². The average Bonchev–Trinajstić information content (AvgIpc) is 3.14. The van der Waals surface area contributed by atoms with Crippen LogP contribution in [0.15, 0.2) is 47.1 Å². The summed E-state index contributed by atoms with van der Waals surface area (Å²) in [6.07, 6.45) is 3.34. The van der Waals surface area contributed by atoms with Gasteiger partial charge in [-0.15, -0.1) is 0 Å². The minimum absolute atomic E-state index is 0.0810. The van der Waals surface area contributed by atoms with Crippen LogP contribution in [0, 0.1) is 6.92 Å². The second-order valence-corrected chi connectivity index (χ2v) is 7.97. The van der Waals surface area contributed by atoms with Crippen LogP contribution in [0.25, 0.3) is 27.7 Å². The van der Waals surface area contributed by atoms with Gasteiger partial charge in [0.25, 0.3) is 0 Å². The molecule has 1 amide bonds. The molecule has 31 heavy (non-hydrogen) atoms. The molecular formula is C25H28ClNO4. The number of carbonyl (C=O) groups is 1. The van der Waals surface area contributed by atoms with Crippen LogP contribution in [0.2, 0.25) is 5.02 Å². The number of methoxy groups -OCH3 is 1. The summed E-state index contributed by atoms with van der Waals surface area (Å²) in [5.74, 6) is 0.547. The van der Waals surface area contributed by atoms with Crippen molar-refractivity contribution >= 4 is 34.1 Å². The first-order chi connectivity index (χ1) is 14.8. The minimum Gasteiger partial charge on any atom is -0.493 e. The van der Waals surface area contributed by atoms with Gasteiger partial charge in [-0.3, -0.25) is 4.79 Å². The number of halogens is 1. The van der Waals surface area contributed by atoms with Gasteiger partial charge in [-0.25, -0.2) is 0 Å². The van der Waals surface area contributed by atoms with Crippen LogP contribution >= 0.6 is 11.6 Å². The predicted molar refractivity (Wildman–Crippen MR) is 126 cm³/mol. The molecule has 1 aromatic heterocycles. The number of amides is 1. The lowest BCUT2D eigenvalue weighted by Gasteiger charge is -2.15. The number of hydrogen-bond donors (Lipinski definition) is 1. The number of rotatable bonds is 8. The number of carbonyl (C=O) groups excluding carboxylic acids is 1. The summed E-state index contributed by atoms with van der Waals surface area (Å²) in [4.78, 5) is 12.5. The lowest BCUT2D eigenvalue weighted by Crippen LogP contribution is -2.34. The lowest BCUT2D eigenvalue weighted by atomic mass is 9.96. The maximum Gasteiger partial charge on any atom is 0.244 e. The Morgan fingerprint density at radius 2 is 2.00 bits per heavy atom. The van der Waals surface area contributed by atoms with Crippen LogP contribution in [0.3, 0.4) is 0 Å². The molecule has 6 heteroatoms. The van der Waals surface area contributed by atoms with Crippen LogP contribution in [0.5, 0.6) is 5.75 Å². The highest BCUT2D eigenvalue weighted by Gasteiger charge is 2.19. The third-order valence-electron chi connectivity index (χ3n) is 5.07. The van der Waals surface area contributed by atoms with Gasteiger partial charge in [0.2, 0.25) is 5.91 Å². The number of furan rings is 1. The molecule has 1 atom stereocenters. The van der Waals surface area contributed by atoms with E-state index in [4.69, 9.17) is 25.5 Å². The van der Waals surface area contributed by atoms with Crippen molar-refractivity contribution in [1.29, 1.82) is 0 Å². The van der Waals surface area contributed by atoms with Gasteiger partial charge in [0.1, 0.15) is 11.3 Å². The van der Waals surface area contributed by atoms with E-state index in [2.05, 4.69) is 5.32 Å². The van der Waals surface area contributed by atoms with E-state index in [1.165, 1.54) is 0 Å². The minimum atomic E-state index is -0.174. The highest BCUT2D eigenvalue weighted by atomic mass is 35.5. The SMILES string of the molecule is CCOc1c(/C(C)=C/C(=O)NC(C)COC)cc2c(-c3ccc(Cl)cc3)coc2c1C. The van der Waals surface area contributed by atoms with Gasteiger partial charge < -0.3 is 19.2 Å². The fraction of sp³-hybridized carbons (Fsp3) is 0.320. The van der Waals surface area contributed by atoms with Crippen LogP contribution in [-0.4, -0.2) is 32.3 Å². The zero-order chi connectivity index (χ0) is 22.5. The number of hydrogen-bond acceptors (Lipinski definition) is 4. The normalized spacial score (nSPS) is 12.8. The van der Waals surface area contributed by atoms with Crippen LogP contribution < -0.4 is 10.1 Å². The molecule has 1 unspecified atom stereocenters. The van der Waals surface area contributed by atoms with Crippen molar-refractivity contribution in [2.45, 2.75) is 33.7 Å². The highest BCUT2D eigenvalue weighted by Crippen LogP contribution is 2.40. The molecule has 0 aliphatic heterocycles. The molecule has 3 aromatic rings. The zero-order valence-electron chi connectivity index (χ0n) is 18.5. The van der Waals surface area contributed by atoms with Gasteiger partial charge in [0.05, 0.1) is 19.5 Å². The largest absolute Gasteiger partial charge is 0.493 e. The summed E-state index contributed by atoms with van der Waals surface area (Å²) in [7, 11) is 1.61. The molecular weight excluding hydrogens is 414 g/mol. The van der Waals surface area contributed by atoms with Gasteiger partial charge in [0.15, 0.2) is 0 Å². The molecule has 1 N–H and O–H groups in total. The molecule has 0 aliphatic carbocycles. The summed E-state index contributed by atoms with van der Waals surface area (Å²) in [5, 5.41) is 4.55. The van der Waals surface area contributed by atoms with Crippen molar-refractivity contribution in [2.75, 3.05) is 20.3 Å². The molecule has 0 aliphatic rings. The highest BCUT2D eigenvalue weighted by molar-refractivity contribution is 6.30. The fourth-order valence-electron chi connectivity index (χ4n) is 3.64. The molecule has 0 saturated heterocycles. The lowest BCUT2D eigenvalue weighted by molar-refractivity contribution is -0.117. The van der Waals surface area contributed by atoms with Gasteiger partial charge in [0, 0.05) is 46.3 Å². The van der Waals surface area contributed by atoms with E-state index in [0.717, 1.165) is 44.5 Å². The van der Waals surface area contributed by atoms with Crippen molar-refractivity contribution in [3.63, 3.8) is 0 Å². The summed E-state index contributed by atoms with van der Waals surface area (Å²) in [5.41, 5.74) is 5.30. The molecule has 0 saturated carbocycles. The summed E-state index contributed by atoms with van der Waals surface area (Å²) in [6.45, 7) is 8.68. The first-order valence-electron chi connectivity index (χ1n) is 10.3. The molecule has 0 fully saturated rings. The number of nitrogens with one attached hydrogen (secondary N) is 1.